The van der Waals surface area contributed by atoms with Crippen molar-refractivity contribution >= 4 is 33.0 Å². The van der Waals surface area contributed by atoms with E-state index in [2.05, 4.69) is 5.32 Å². The summed E-state index contributed by atoms with van der Waals surface area (Å²) in [4.78, 5) is 0. The zero-order chi connectivity index (χ0) is 13.1. The van der Waals surface area contributed by atoms with Crippen molar-refractivity contribution in [1.29, 1.82) is 0 Å². The Morgan fingerprint density at radius 1 is 1.35 bits per heavy atom. The molecule has 0 aromatic heterocycles. The number of benzene rings is 1. The molecule has 0 bridgehead atoms. The third-order valence-electron chi connectivity index (χ3n) is 2.35. The predicted molar refractivity (Wildman–Crippen MR) is 72.6 cm³/mol. The van der Waals surface area contributed by atoms with Crippen LogP contribution >= 0.6 is 23.2 Å². The SMILES string of the molecule is CC(NCCS(C)(=O)=O)c1ccc(Cl)cc1Cl. The molecule has 0 spiro atoms. The molecule has 0 saturated carbocycles. The lowest BCUT2D eigenvalue weighted by atomic mass is 10.1. The molecule has 0 amide bonds. The third-order valence-corrected chi connectivity index (χ3v) is 3.86. The summed E-state index contributed by atoms with van der Waals surface area (Å²) in [5.74, 6) is 0.114. The minimum atomic E-state index is -2.94. The molecule has 1 aromatic carbocycles. The molecule has 0 heterocycles. The quantitative estimate of drug-likeness (QED) is 0.908. The average molecular weight is 296 g/mol. The van der Waals surface area contributed by atoms with E-state index in [4.69, 9.17) is 23.2 Å². The summed E-state index contributed by atoms with van der Waals surface area (Å²) in [5.41, 5.74) is 0.907. The van der Waals surface area contributed by atoms with Crippen LogP contribution in [0.4, 0.5) is 0 Å². The van der Waals surface area contributed by atoms with Crippen molar-refractivity contribution < 1.29 is 8.42 Å². The lowest BCUT2D eigenvalue weighted by Crippen LogP contribution is -2.25. The number of nitrogens with one attached hydrogen (secondary N) is 1. The Balaban J connectivity index is 2.61. The third kappa shape index (κ3) is 5.25. The van der Waals surface area contributed by atoms with E-state index >= 15 is 0 Å². The van der Waals surface area contributed by atoms with Gasteiger partial charge in [-0.2, -0.15) is 0 Å². The molecule has 96 valence electrons. The number of hydrogen-bond donors (Lipinski definition) is 1. The summed E-state index contributed by atoms with van der Waals surface area (Å²) < 4.78 is 22.0. The van der Waals surface area contributed by atoms with Crippen molar-refractivity contribution in [3.63, 3.8) is 0 Å². The molecule has 1 N–H and O–H groups in total. The number of halogens is 2. The number of hydrogen-bond acceptors (Lipinski definition) is 3. The second kappa shape index (κ2) is 6.05. The summed E-state index contributed by atoms with van der Waals surface area (Å²) in [5, 5.41) is 4.27. The van der Waals surface area contributed by atoms with Gasteiger partial charge in [0.1, 0.15) is 9.84 Å². The van der Waals surface area contributed by atoms with Crippen LogP contribution in [0.2, 0.25) is 10.0 Å². The Labute approximate surface area is 112 Å². The normalized spacial score (nSPS) is 13.6. The molecule has 1 rings (SSSR count). The van der Waals surface area contributed by atoms with E-state index in [1.165, 1.54) is 6.26 Å². The Hall–Kier alpha value is -0.290. The first kappa shape index (κ1) is 14.8. The van der Waals surface area contributed by atoms with Gasteiger partial charge in [-0.3, -0.25) is 0 Å². The smallest absolute Gasteiger partial charge is 0.148 e. The largest absolute Gasteiger partial charge is 0.309 e. The fourth-order valence-corrected chi connectivity index (χ4v) is 2.48. The van der Waals surface area contributed by atoms with Gasteiger partial charge in [0, 0.05) is 28.9 Å². The Kier molecular flexibility index (Phi) is 5.25. The van der Waals surface area contributed by atoms with Crippen molar-refractivity contribution in [1.82, 2.24) is 5.32 Å². The Bertz CT molecular complexity index is 488. The van der Waals surface area contributed by atoms with E-state index in [-0.39, 0.29) is 11.8 Å². The van der Waals surface area contributed by atoms with Crippen molar-refractivity contribution in [2.75, 3.05) is 18.6 Å². The van der Waals surface area contributed by atoms with Crippen LogP contribution in [0.25, 0.3) is 0 Å². The van der Waals surface area contributed by atoms with Crippen LogP contribution in [-0.2, 0) is 9.84 Å². The molecule has 0 aliphatic rings. The maximum Gasteiger partial charge on any atom is 0.148 e. The zero-order valence-corrected chi connectivity index (χ0v) is 12.0. The van der Waals surface area contributed by atoms with Gasteiger partial charge in [0.05, 0.1) is 5.75 Å². The van der Waals surface area contributed by atoms with Crippen molar-refractivity contribution in [2.45, 2.75) is 13.0 Å². The summed E-state index contributed by atoms with van der Waals surface area (Å²) in [7, 11) is -2.94. The second-order valence-electron chi connectivity index (χ2n) is 3.97. The minimum Gasteiger partial charge on any atom is -0.309 e. The van der Waals surface area contributed by atoms with E-state index in [1.807, 2.05) is 13.0 Å². The fourth-order valence-electron chi connectivity index (χ4n) is 1.42. The van der Waals surface area contributed by atoms with Crippen molar-refractivity contribution in [3.05, 3.63) is 33.8 Å². The van der Waals surface area contributed by atoms with Gasteiger partial charge in [-0.1, -0.05) is 29.3 Å². The van der Waals surface area contributed by atoms with Gasteiger partial charge in [-0.25, -0.2) is 8.42 Å². The molecule has 3 nitrogen and oxygen atoms in total. The lowest BCUT2D eigenvalue weighted by Gasteiger charge is -2.15. The average Bonchev–Trinajstić information content (AvgIpc) is 2.15. The standard InChI is InChI=1S/C11H15Cl2NO2S/c1-8(14-5-6-17(2,15)16)10-4-3-9(12)7-11(10)13/h3-4,7-8,14H,5-6H2,1-2H3. The summed E-state index contributed by atoms with van der Waals surface area (Å²) in [6.07, 6.45) is 1.22. The summed E-state index contributed by atoms with van der Waals surface area (Å²) in [6, 6.07) is 5.26. The van der Waals surface area contributed by atoms with Gasteiger partial charge >= 0.3 is 0 Å². The molecule has 0 saturated heterocycles. The van der Waals surface area contributed by atoms with Gasteiger partial charge in [0.25, 0.3) is 0 Å². The molecule has 0 fully saturated rings. The molecule has 6 heteroatoms. The van der Waals surface area contributed by atoms with Gasteiger partial charge in [0.15, 0.2) is 0 Å². The summed E-state index contributed by atoms with van der Waals surface area (Å²) >= 11 is 11.9. The van der Waals surface area contributed by atoms with Crippen molar-refractivity contribution in [3.8, 4) is 0 Å². The molecule has 1 unspecified atom stereocenters. The van der Waals surface area contributed by atoms with Crippen LogP contribution in [0, 0.1) is 0 Å². The second-order valence-corrected chi connectivity index (χ2v) is 7.07. The molecular formula is C11H15Cl2NO2S. The maximum atomic E-state index is 11.0. The number of sulfone groups is 1. The first-order chi connectivity index (χ1) is 7.79. The molecular weight excluding hydrogens is 281 g/mol. The molecule has 17 heavy (non-hydrogen) atoms. The maximum absolute atomic E-state index is 11.0. The van der Waals surface area contributed by atoms with E-state index in [9.17, 15) is 8.42 Å². The van der Waals surface area contributed by atoms with Crippen LogP contribution < -0.4 is 5.32 Å². The molecule has 1 atom stereocenters. The Morgan fingerprint density at radius 2 is 2.00 bits per heavy atom. The van der Waals surface area contributed by atoms with Crippen molar-refractivity contribution in [2.24, 2.45) is 0 Å². The zero-order valence-electron chi connectivity index (χ0n) is 9.70. The van der Waals surface area contributed by atoms with Crippen LogP contribution in [0.15, 0.2) is 18.2 Å². The highest BCUT2D eigenvalue weighted by molar-refractivity contribution is 7.90. The van der Waals surface area contributed by atoms with Crippen LogP contribution in [-0.4, -0.2) is 27.0 Å². The molecule has 1 aromatic rings. The van der Waals surface area contributed by atoms with E-state index in [0.717, 1.165) is 5.56 Å². The number of rotatable bonds is 5. The van der Waals surface area contributed by atoms with Crippen LogP contribution in [0.1, 0.15) is 18.5 Å². The minimum absolute atomic E-state index is 0.0125. The predicted octanol–water partition coefficient (Wildman–Crippen LogP) is 2.69. The first-order valence-electron chi connectivity index (χ1n) is 5.15. The highest BCUT2D eigenvalue weighted by atomic mass is 35.5. The topological polar surface area (TPSA) is 46.2 Å². The lowest BCUT2D eigenvalue weighted by molar-refractivity contribution is 0.576. The molecule has 0 aliphatic heterocycles. The van der Waals surface area contributed by atoms with Crippen LogP contribution in [0.5, 0.6) is 0 Å². The summed E-state index contributed by atoms with van der Waals surface area (Å²) in [6.45, 7) is 2.33. The highest BCUT2D eigenvalue weighted by Gasteiger charge is 2.10. The van der Waals surface area contributed by atoms with Gasteiger partial charge in [0.2, 0.25) is 0 Å². The van der Waals surface area contributed by atoms with E-state index in [0.29, 0.717) is 16.6 Å². The van der Waals surface area contributed by atoms with E-state index < -0.39 is 9.84 Å². The first-order valence-corrected chi connectivity index (χ1v) is 7.97. The van der Waals surface area contributed by atoms with Gasteiger partial charge in [-0.15, -0.1) is 0 Å². The van der Waals surface area contributed by atoms with E-state index in [1.54, 1.807) is 12.1 Å². The molecule has 0 radical (unpaired) electrons. The Morgan fingerprint density at radius 3 is 2.53 bits per heavy atom. The van der Waals surface area contributed by atoms with Crippen LogP contribution in [0.3, 0.4) is 0 Å². The fraction of sp³-hybridized carbons (Fsp3) is 0.455. The van der Waals surface area contributed by atoms with Gasteiger partial charge in [-0.05, 0) is 24.6 Å². The van der Waals surface area contributed by atoms with Gasteiger partial charge < -0.3 is 5.32 Å². The highest BCUT2D eigenvalue weighted by Crippen LogP contribution is 2.25. The monoisotopic (exact) mass is 295 g/mol. The molecule has 0 aliphatic carbocycles.